The smallest absolute Gasteiger partial charge is 0.124 e. The van der Waals surface area contributed by atoms with Crippen molar-refractivity contribution >= 4 is 0 Å². The Morgan fingerprint density at radius 1 is 1.19 bits per heavy atom. The van der Waals surface area contributed by atoms with Gasteiger partial charge in [-0.25, -0.2) is 4.39 Å². The predicted octanol–water partition coefficient (Wildman–Crippen LogP) is 3.39. The standard InChI is InChI=1S/C17H17FN2O/c1-2-20-11-14-5-3-4-6-17(14)21-12-15-9-16(18)8-7-13(15)10-19/h3-9,20H,2,11-12H2,1H3. The van der Waals surface area contributed by atoms with E-state index in [4.69, 9.17) is 10.00 Å². The zero-order valence-corrected chi connectivity index (χ0v) is 11.9. The van der Waals surface area contributed by atoms with E-state index in [1.165, 1.54) is 18.2 Å². The first-order valence-corrected chi connectivity index (χ1v) is 6.84. The molecule has 0 unspecified atom stereocenters. The minimum absolute atomic E-state index is 0.170. The molecule has 2 aromatic rings. The molecule has 0 aliphatic heterocycles. The summed E-state index contributed by atoms with van der Waals surface area (Å²) in [6.07, 6.45) is 0. The van der Waals surface area contributed by atoms with Crippen LogP contribution in [-0.2, 0) is 13.2 Å². The molecule has 0 heterocycles. The fourth-order valence-electron chi connectivity index (χ4n) is 2.00. The van der Waals surface area contributed by atoms with Crippen LogP contribution in [0, 0.1) is 17.1 Å². The van der Waals surface area contributed by atoms with Gasteiger partial charge in [-0.2, -0.15) is 5.26 Å². The third-order valence-electron chi connectivity index (χ3n) is 3.11. The highest BCUT2D eigenvalue weighted by molar-refractivity contribution is 5.38. The molecule has 108 valence electrons. The van der Waals surface area contributed by atoms with Crippen LogP contribution >= 0.6 is 0 Å². The van der Waals surface area contributed by atoms with E-state index in [0.717, 1.165) is 17.9 Å². The summed E-state index contributed by atoms with van der Waals surface area (Å²) in [4.78, 5) is 0. The molecule has 0 aliphatic carbocycles. The molecule has 0 saturated carbocycles. The van der Waals surface area contributed by atoms with E-state index < -0.39 is 0 Å². The van der Waals surface area contributed by atoms with Gasteiger partial charge in [-0.15, -0.1) is 0 Å². The topological polar surface area (TPSA) is 45.0 Å². The molecular weight excluding hydrogens is 267 g/mol. The van der Waals surface area contributed by atoms with Crippen molar-refractivity contribution in [3.8, 4) is 11.8 Å². The van der Waals surface area contributed by atoms with Crippen molar-refractivity contribution in [3.63, 3.8) is 0 Å². The first kappa shape index (κ1) is 15.0. The first-order chi connectivity index (χ1) is 10.2. The van der Waals surface area contributed by atoms with Gasteiger partial charge in [-0.1, -0.05) is 25.1 Å². The molecule has 21 heavy (non-hydrogen) atoms. The van der Waals surface area contributed by atoms with Gasteiger partial charge in [-0.05, 0) is 30.8 Å². The highest BCUT2D eigenvalue weighted by Gasteiger charge is 2.07. The maximum atomic E-state index is 13.3. The van der Waals surface area contributed by atoms with E-state index >= 15 is 0 Å². The highest BCUT2D eigenvalue weighted by Crippen LogP contribution is 2.20. The average Bonchev–Trinajstić information content (AvgIpc) is 2.52. The molecule has 0 fully saturated rings. The van der Waals surface area contributed by atoms with Crippen molar-refractivity contribution in [3.05, 3.63) is 65.0 Å². The van der Waals surface area contributed by atoms with E-state index in [-0.39, 0.29) is 12.4 Å². The van der Waals surface area contributed by atoms with Gasteiger partial charge < -0.3 is 10.1 Å². The molecule has 0 aliphatic rings. The van der Waals surface area contributed by atoms with Crippen molar-refractivity contribution in [2.45, 2.75) is 20.1 Å². The zero-order valence-electron chi connectivity index (χ0n) is 11.9. The van der Waals surface area contributed by atoms with E-state index in [2.05, 4.69) is 5.32 Å². The number of para-hydroxylation sites is 1. The summed E-state index contributed by atoms with van der Waals surface area (Å²) in [7, 11) is 0. The van der Waals surface area contributed by atoms with E-state index in [1.807, 2.05) is 37.3 Å². The lowest BCUT2D eigenvalue weighted by atomic mass is 10.1. The number of benzene rings is 2. The fourth-order valence-corrected chi connectivity index (χ4v) is 2.00. The van der Waals surface area contributed by atoms with Gasteiger partial charge in [0.15, 0.2) is 0 Å². The van der Waals surface area contributed by atoms with Crippen LogP contribution < -0.4 is 10.1 Å². The van der Waals surface area contributed by atoms with E-state index in [9.17, 15) is 4.39 Å². The third-order valence-corrected chi connectivity index (χ3v) is 3.11. The van der Waals surface area contributed by atoms with Crippen molar-refractivity contribution in [2.24, 2.45) is 0 Å². The first-order valence-electron chi connectivity index (χ1n) is 6.84. The summed E-state index contributed by atoms with van der Waals surface area (Å²) in [6.45, 7) is 3.79. The molecule has 0 amide bonds. The third kappa shape index (κ3) is 4.04. The summed E-state index contributed by atoms with van der Waals surface area (Å²) in [5.74, 6) is 0.375. The van der Waals surface area contributed by atoms with Gasteiger partial charge in [0.25, 0.3) is 0 Å². The van der Waals surface area contributed by atoms with E-state index in [0.29, 0.717) is 17.7 Å². The molecule has 0 spiro atoms. The fraction of sp³-hybridized carbons (Fsp3) is 0.235. The average molecular weight is 284 g/mol. The molecule has 0 radical (unpaired) electrons. The molecule has 0 atom stereocenters. The largest absolute Gasteiger partial charge is 0.489 e. The number of nitrogens with one attached hydrogen (secondary N) is 1. The number of nitriles is 1. The summed E-state index contributed by atoms with van der Waals surface area (Å²) < 4.78 is 19.0. The van der Waals surface area contributed by atoms with Crippen LogP contribution in [0.5, 0.6) is 5.75 Å². The lowest BCUT2D eigenvalue weighted by Crippen LogP contribution is -2.13. The predicted molar refractivity (Wildman–Crippen MR) is 79.3 cm³/mol. The quantitative estimate of drug-likeness (QED) is 0.884. The Bertz CT molecular complexity index is 649. The van der Waals surface area contributed by atoms with Crippen LogP contribution in [-0.4, -0.2) is 6.54 Å². The second-order valence-electron chi connectivity index (χ2n) is 4.59. The molecule has 0 bridgehead atoms. The molecule has 2 aromatic carbocycles. The van der Waals surface area contributed by atoms with Crippen LogP contribution in [0.4, 0.5) is 4.39 Å². The van der Waals surface area contributed by atoms with Gasteiger partial charge in [0.1, 0.15) is 18.2 Å². The summed E-state index contributed by atoms with van der Waals surface area (Å²) in [5, 5.41) is 12.3. The monoisotopic (exact) mass is 284 g/mol. The zero-order chi connectivity index (χ0) is 15.1. The second kappa shape index (κ2) is 7.41. The molecule has 0 aromatic heterocycles. The lowest BCUT2D eigenvalue weighted by molar-refractivity contribution is 0.301. The number of nitrogens with zero attached hydrogens (tertiary/aromatic N) is 1. The number of hydrogen-bond acceptors (Lipinski definition) is 3. The molecule has 4 heteroatoms. The van der Waals surface area contributed by atoms with Crippen LogP contribution in [0.3, 0.4) is 0 Å². The minimum atomic E-state index is -0.367. The second-order valence-corrected chi connectivity index (χ2v) is 4.59. The van der Waals surface area contributed by atoms with Gasteiger partial charge in [0.2, 0.25) is 0 Å². The van der Waals surface area contributed by atoms with Crippen LogP contribution in [0.15, 0.2) is 42.5 Å². The molecule has 0 saturated heterocycles. The molecule has 2 rings (SSSR count). The van der Waals surface area contributed by atoms with Crippen molar-refractivity contribution in [2.75, 3.05) is 6.54 Å². The maximum Gasteiger partial charge on any atom is 0.124 e. The minimum Gasteiger partial charge on any atom is -0.489 e. The Morgan fingerprint density at radius 3 is 2.76 bits per heavy atom. The van der Waals surface area contributed by atoms with Crippen molar-refractivity contribution in [1.29, 1.82) is 5.26 Å². The Balaban J connectivity index is 2.13. The Kier molecular flexibility index (Phi) is 5.30. The van der Waals surface area contributed by atoms with Crippen LogP contribution in [0.2, 0.25) is 0 Å². The van der Waals surface area contributed by atoms with Crippen LogP contribution in [0.25, 0.3) is 0 Å². The van der Waals surface area contributed by atoms with Gasteiger partial charge >= 0.3 is 0 Å². The molecular formula is C17H17FN2O. The maximum absolute atomic E-state index is 13.3. The Labute approximate surface area is 124 Å². The molecule has 1 N–H and O–H groups in total. The summed E-state index contributed by atoms with van der Waals surface area (Å²) in [5.41, 5.74) is 2.02. The van der Waals surface area contributed by atoms with E-state index in [1.54, 1.807) is 0 Å². The SMILES string of the molecule is CCNCc1ccccc1OCc1cc(F)ccc1C#N. The highest BCUT2D eigenvalue weighted by atomic mass is 19.1. The van der Waals surface area contributed by atoms with Crippen molar-refractivity contribution < 1.29 is 9.13 Å². The van der Waals surface area contributed by atoms with Gasteiger partial charge in [0, 0.05) is 17.7 Å². The van der Waals surface area contributed by atoms with Crippen molar-refractivity contribution in [1.82, 2.24) is 5.32 Å². The number of ether oxygens (including phenoxy) is 1. The Morgan fingerprint density at radius 2 is 2.00 bits per heavy atom. The molecule has 3 nitrogen and oxygen atoms in total. The Hall–Kier alpha value is -2.38. The normalized spacial score (nSPS) is 10.1. The summed E-state index contributed by atoms with van der Waals surface area (Å²) in [6, 6.07) is 13.8. The number of rotatable bonds is 6. The van der Waals surface area contributed by atoms with Crippen LogP contribution in [0.1, 0.15) is 23.6 Å². The van der Waals surface area contributed by atoms with Gasteiger partial charge in [-0.3, -0.25) is 0 Å². The number of hydrogen-bond donors (Lipinski definition) is 1. The number of halogens is 1. The van der Waals surface area contributed by atoms with Gasteiger partial charge in [0.05, 0.1) is 11.6 Å². The lowest BCUT2D eigenvalue weighted by Gasteiger charge is -2.12. The summed E-state index contributed by atoms with van der Waals surface area (Å²) >= 11 is 0.